The minimum absolute atomic E-state index is 0.0582. The van der Waals surface area contributed by atoms with Gasteiger partial charge < -0.3 is 5.11 Å². The van der Waals surface area contributed by atoms with Crippen molar-refractivity contribution in [2.75, 3.05) is 6.54 Å². The Morgan fingerprint density at radius 3 is 2.74 bits per heavy atom. The van der Waals surface area contributed by atoms with Crippen LogP contribution in [-0.4, -0.2) is 39.3 Å². The number of carbonyl (C=O) groups is 3. The van der Waals surface area contributed by atoms with Gasteiger partial charge in [0.1, 0.15) is 5.69 Å². The highest BCUT2D eigenvalue weighted by Gasteiger charge is 2.37. The van der Waals surface area contributed by atoms with Crippen molar-refractivity contribution in [3.8, 4) is 0 Å². The van der Waals surface area contributed by atoms with Crippen molar-refractivity contribution in [2.24, 2.45) is 5.92 Å². The molecule has 100 valence electrons. The van der Waals surface area contributed by atoms with E-state index in [0.717, 1.165) is 4.90 Å². The normalized spacial score (nSPS) is 15.5. The van der Waals surface area contributed by atoms with Gasteiger partial charge in [0.25, 0.3) is 11.8 Å². The summed E-state index contributed by atoms with van der Waals surface area (Å²) in [5.41, 5.74) is 0.440. The molecule has 1 aliphatic rings. The first kappa shape index (κ1) is 13.2. The lowest BCUT2D eigenvalue weighted by atomic mass is 10.0. The van der Waals surface area contributed by atoms with Crippen LogP contribution < -0.4 is 0 Å². The van der Waals surface area contributed by atoms with Crippen LogP contribution in [0.3, 0.4) is 0 Å². The molecule has 2 heterocycles. The highest BCUT2D eigenvalue weighted by molar-refractivity contribution is 6.20. The number of imide groups is 1. The zero-order valence-corrected chi connectivity index (χ0v) is 10.5. The number of carboxylic acids is 1. The van der Waals surface area contributed by atoms with Gasteiger partial charge in [0, 0.05) is 19.2 Å². The van der Waals surface area contributed by atoms with Crippen molar-refractivity contribution in [2.45, 2.75) is 19.8 Å². The molecule has 1 aromatic rings. The van der Waals surface area contributed by atoms with Crippen LogP contribution >= 0.6 is 0 Å². The molecule has 6 nitrogen and oxygen atoms in total. The number of hydrogen-bond acceptors (Lipinski definition) is 4. The van der Waals surface area contributed by atoms with Crippen LogP contribution in [0, 0.1) is 5.92 Å². The molecule has 1 aromatic heterocycles. The first-order valence-electron chi connectivity index (χ1n) is 6.07. The van der Waals surface area contributed by atoms with Crippen molar-refractivity contribution in [1.82, 2.24) is 9.88 Å². The minimum Gasteiger partial charge on any atom is -0.481 e. The molecule has 2 amide bonds. The second kappa shape index (κ2) is 5.17. The predicted octanol–water partition coefficient (Wildman–Crippen LogP) is 1.18. The Kier molecular flexibility index (Phi) is 3.59. The monoisotopic (exact) mass is 262 g/mol. The summed E-state index contributed by atoms with van der Waals surface area (Å²) < 4.78 is 0. The molecule has 1 unspecified atom stereocenters. The molecule has 0 saturated carbocycles. The lowest BCUT2D eigenvalue weighted by molar-refractivity contribution is -0.138. The number of fused-ring (bicyclic) bond motifs is 1. The number of amides is 2. The lowest BCUT2D eigenvalue weighted by Gasteiger charge is -2.19. The van der Waals surface area contributed by atoms with Gasteiger partial charge in [-0.2, -0.15) is 0 Å². The van der Waals surface area contributed by atoms with Crippen LogP contribution in [0.5, 0.6) is 0 Å². The maximum absolute atomic E-state index is 12.1. The van der Waals surface area contributed by atoms with Crippen LogP contribution in [0.4, 0.5) is 0 Å². The Morgan fingerprint density at radius 1 is 1.42 bits per heavy atom. The van der Waals surface area contributed by atoms with Gasteiger partial charge in [0.2, 0.25) is 0 Å². The molecule has 0 saturated heterocycles. The van der Waals surface area contributed by atoms with Crippen LogP contribution in [-0.2, 0) is 4.79 Å². The number of hydrogen-bond donors (Lipinski definition) is 1. The predicted molar refractivity (Wildman–Crippen MR) is 65.6 cm³/mol. The summed E-state index contributed by atoms with van der Waals surface area (Å²) in [6.45, 7) is 1.96. The average molecular weight is 262 g/mol. The van der Waals surface area contributed by atoms with E-state index >= 15 is 0 Å². The van der Waals surface area contributed by atoms with E-state index in [2.05, 4.69) is 4.98 Å². The van der Waals surface area contributed by atoms with Gasteiger partial charge in [-0.1, -0.05) is 13.3 Å². The molecular weight excluding hydrogens is 248 g/mol. The molecule has 0 aliphatic carbocycles. The molecule has 0 aromatic carbocycles. The van der Waals surface area contributed by atoms with Gasteiger partial charge in [-0.05, 0) is 18.1 Å². The third-order valence-electron chi connectivity index (χ3n) is 3.21. The summed E-state index contributed by atoms with van der Waals surface area (Å²) in [5, 5.41) is 8.79. The number of pyridine rings is 1. The number of aromatic nitrogens is 1. The number of carboxylic acid groups (broad SMARTS) is 1. The Bertz CT molecular complexity index is 506. The Morgan fingerprint density at radius 2 is 2.16 bits per heavy atom. The molecule has 1 aliphatic heterocycles. The van der Waals surface area contributed by atoms with Gasteiger partial charge in [0.15, 0.2) is 0 Å². The highest BCUT2D eigenvalue weighted by Crippen LogP contribution is 2.23. The quantitative estimate of drug-likeness (QED) is 0.805. The maximum atomic E-state index is 12.1. The average Bonchev–Trinajstić information content (AvgIpc) is 2.63. The van der Waals surface area contributed by atoms with Gasteiger partial charge in [0.05, 0.1) is 5.56 Å². The number of carbonyl (C=O) groups excluding carboxylic acids is 2. The summed E-state index contributed by atoms with van der Waals surface area (Å²) in [7, 11) is 0. The van der Waals surface area contributed by atoms with Crippen molar-refractivity contribution in [3.05, 3.63) is 29.6 Å². The van der Waals surface area contributed by atoms with E-state index in [1.165, 1.54) is 6.20 Å². The SMILES string of the molecule is CCC(CC(=O)O)CN1C(=O)c2cccnc2C1=O. The van der Waals surface area contributed by atoms with E-state index in [0.29, 0.717) is 6.42 Å². The highest BCUT2D eigenvalue weighted by atomic mass is 16.4. The maximum Gasteiger partial charge on any atom is 0.303 e. The van der Waals surface area contributed by atoms with Crippen LogP contribution in [0.2, 0.25) is 0 Å². The molecule has 0 spiro atoms. The molecule has 1 atom stereocenters. The van der Waals surface area contributed by atoms with Gasteiger partial charge in [-0.25, -0.2) is 0 Å². The van der Waals surface area contributed by atoms with E-state index in [4.69, 9.17) is 5.11 Å². The first-order chi connectivity index (χ1) is 9.04. The summed E-state index contributed by atoms with van der Waals surface area (Å²) >= 11 is 0. The molecule has 2 rings (SSSR count). The number of rotatable bonds is 5. The fraction of sp³-hybridized carbons (Fsp3) is 0.385. The summed E-state index contributed by atoms with van der Waals surface area (Å²) in [6.07, 6.45) is 1.99. The van der Waals surface area contributed by atoms with Gasteiger partial charge in [-0.3, -0.25) is 24.3 Å². The second-order valence-corrected chi connectivity index (χ2v) is 4.49. The summed E-state index contributed by atoms with van der Waals surface area (Å²) in [5.74, 6) is -2.00. The van der Waals surface area contributed by atoms with Crippen molar-refractivity contribution < 1.29 is 19.5 Å². The van der Waals surface area contributed by atoms with Crippen molar-refractivity contribution >= 4 is 17.8 Å². The molecule has 0 radical (unpaired) electrons. The van der Waals surface area contributed by atoms with Gasteiger partial charge in [-0.15, -0.1) is 0 Å². The van der Waals surface area contributed by atoms with Gasteiger partial charge >= 0.3 is 5.97 Å². The third kappa shape index (κ3) is 2.47. The van der Waals surface area contributed by atoms with E-state index < -0.39 is 17.8 Å². The van der Waals surface area contributed by atoms with Crippen molar-refractivity contribution in [1.29, 1.82) is 0 Å². The Labute approximate surface area is 110 Å². The fourth-order valence-electron chi connectivity index (χ4n) is 2.12. The van der Waals surface area contributed by atoms with Crippen LogP contribution in [0.15, 0.2) is 18.3 Å². The topological polar surface area (TPSA) is 87.6 Å². The van der Waals surface area contributed by atoms with E-state index in [9.17, 15) is 14.4 Å². The smallest absolute Gasteiger partial charge is 0.303 e. The first-order valence-corrected chi connectivity index (χ1v) is 6.07. The van der Waals surface area contributed by atoms with E-state index in [-0.39, 0.29) is 30.1 Å². The van der Waals surface area contributed by atoms with Crippen LogP contribution in [0.25, 0.3) is 0 Å². The molecule has 6 heteroatoms. The number of nitrogens with zero attached hydrogens (tertiary/aromatic N) is 2. The van der Waals surface area contributed by atoms with Crippen LogP contribution in [0.1, 0.15) is 40.6 Å². The molecule has 0 bridgehead atoms. The van der Waals surface area contributed by atoms with E-state index in [1.54, 1.807) is 12.1 Å². The van der Waals surface area contributed by atoms with E-state index in [1.807, 2.05) is 6.92 Å². The van der Waals surface area contributed by atoms with Crippen molar-refractivity contribution in [3.63, 3.8) is 0 Å². The minimum atomic E-state index is -0.929. The third-order valence-corrected chi connectivity index (χ3v) is 3.21. The summed E-state index contributed by atoms with van der Waals surface area (Å²) in [4.78, 5) is 39.8. The zero-order valence-electron chi connectivity index (χ0n) is 10.5. The summed E-state index contributed by atoms with van der Waals surface area (Å²) in [6, 6.07) is 3.16. The lowest BCUT2D eigenvalue weighted by Crippen LogP contribution is -2.35. The fourth-order valence-corrected chi connectivity index (χ4v) is 2.12. The molecule has 1 N–H and O–H groups in total. The molecule has 0 fully saturated rings. The Balaban J connectivity index is 2.17. The second-order valence-electron chi connectivity index (χ2n) is 4.49. The molecule has 19 heavy (non-hydrogen) atoms. The zero-order chi connectivity index (χ0) is 14.0. The largest absolute Gasteiger partial charge is 0.481 e. The standard InChI is InChI=1S/C13H14N2O4/c1-2-8(6-10(16)17)7-15-12(18)9-4-3-5-14-11(9)13(15)19/h3-5,8H,2,6-7H2,1H3,(H,16,17). The molecular formula is C13H14N2O4. The Hall–Kier alpha value is -2.24. The number of aliphatic carboxylic acids is 1.